The Bertz CT molecular complexity index is 2420. The van der Waals surface area contributed by atoms with Crippen LogP contribution in [0.4, 0.5) is 13.2 Å². The first-order chi connectivity index (χ1) is 31.2. The monoisotopic (exact) mass is 894 g/mol. The van der Waals surface area contributed by atoms with Crippen LogP contribution in [0.5, 0.6) is 5.75 Å². The Morgan fingerprint density at radius 3 is 2.20 bits per heavy atom. The summed E-state index contributed by atoms with van der Waals surface area (Å²) in [6.45, 7) is 3.04. The van der Waals surface area contributed by atoms with Crippen LogP contribution in [-0.4, -0.2) is 106 Å². The number of aromatic nitrogens is 2. The summed E-state index contributed by atoms with van der Waals surface area (Å²) < 4.78 is 56.8. The number of carbonyl (C=O) groups excluding carboxylic acids is 2. The fourth-order valence-electron chi connectivity index (χ4n) is 8.20. The summed E-state index contributed by atoms with van der Waals surface area (Å²) in [7, 11) is 0. The third-order valence-electron chi connectivity index (χ3n) is 11.8. The number of carbonyl (C=O) groups is 2. The number of alkyl halides is 3. The van der Waals surface area contributed by atoms with E-state index in [2.05, 4.69) is 15.3 Å². The largest absolute Gasteiger partial charge is 0.490 e. The minimum absolute atomic E-state index is 0.000334. The zero-order chi connectivity index (χ0) is 46.0. The minimum atomic E-state index is -4.61. The number of aliphatic hydroxyl groups excluding tert-OH is 2. The van der Waals surface area contributed by atoms with Gasteiger partial charge in [-0.3, -0.25) is 29.4 Å². The summed E-state index contributed by atoms with van der Waals surface area (Å²) in [5.41, 5.74) is 2.65. The average Bonchev–Trinajstić information content (AvgIpc) is 4.05. The van der Waals surface area contributed by atoms with Gasteiger partial charge in [0, 0.05) is 73.6 Å². The summed E-state index contributed by atoms with van der Waals surface area (Å²) in [6, 6.07) is 29.7. The highest BCUT2D eigenvalue weighted by Crippen LogP contribution is 2.35. The van der Waals surface area contributed by atoms with Gasteiger partial charge in [0.1, 0.15) is 48.3 Å². The van der Waals surface area contributed by atoms with Crippen LogP contribution in [-0.2, 0) is 21.5 Å². The van der Waals surface area contributed by atoms with Crippen molar-refractivity contribution in [2.75, 3.05) is 39.3 Å². The number of benzene rings is 2. The van der Waals surface area contributed by atoms with Crippen molar-refractivity contribution in [1.82, 2.24) is 30.4 Å². The summed E-state index contributed by atoms with van der Waals surface area (Å²) >= 11 is 0. The second-order valence-corrected chi connectivity index (χ2v) is 16.6. The zero-order valence-electron chi connectivity index (χ0n) is 36.1. The number of nitrogens with zero attached hydrogens (tertiary/aromatic N) is 4. The first-order valence-electron chi connectivity index (χ1n) is 21.5. The predicted molar refractivity (Wildman–Crippen MR) is 236 cm³/mol. The van der Waals surface area contributed by atoms with Crippen molar-refractivity contribution in [3.05, 3.63) is 151 Å². The molecule has 6 heterocycles. The molecule has 2 amide bonds. The molecule has 13 nitrogen and oxygen atoms in total. The van der Waals surface area contributed by atoms with Crippen molar-refractivity contribution in [1.29, 1.82) is 0 Å². The SMILES string of the molecule is CC(C)(c1ccc(-c2ccncc2)o1)N1CCN(C[C@@H](O)C[C@@H](Cc2ccccc2)C(=O)N[C@H]2c3ccccc3OC[C@H]2O)[C@H](C(=O)NCC(F)(F)F)C1.c1coc(-c2ccncc2)c1. The van der Waals surface area contributed by atoms with Crippen LogP contribution in [0.3, 0.4) is 0 Å². The molecule has 16 heteroatoms. The third-order valence-corrected chi connectivity index (χ3v) is 11.8. The van der Waals surface area contributed by atoms with E-state index in [1.807, 2.05) is 103 Å². The lowest BCUT2D eigenvalue weighted by molar-refractivity contribution is -0.144. The molecule has 0 aliphatic carbocycles. The van der Waals surface area contributed by atoms with E-state index in [-0.39, 0.29) is 45.0 Å². The maximum atomic E-state index is 14.0. The molecule has 2 aromatic carbocycles. The lowest BCUT2D eigenvalue weighted by atomic mass is 9.90. The van der Waals surface area contributed by atoms with E-state index >= 15 is 0 Å². The van der Waals surface area contributed by atoms with Crippen molar-refractivity contribution in [2.24, 2.45) is 5.92 Å². The number of fused-ring (bicyclic) bond motifs is 1. The summed E-state index contributed by atoms with van der Waals surface area (Å²) in [4.78, 5) is 39.1. The molecule has 8 rings (SSSR count). The second kappa shape index (κ2) is 21.1. The van der Waals surface area contributed by atoms with E-state index in [4.69, 9.17) is 13.6 Å². The normalized spacial score (nSPS) is 18.8. The van der Waals surface area contributed by atoms with E-state index < -0.39 is 54.4 Å². The van der Waals surface area contributed by atoms with Crippen LogP contribution in [0.25, 0.3) is 22.6 Å². The molecule has 342 valence electrons. The van der Waals surface area contributed by atoms with Crippen LogP contribution < -0.4 is 15.4 Å². The molecule has 0 spiro atoms. The highest BCUT2D eigenvalue weighted by Gasteiger charge is 2.42. The standard InChI is InChI=1S/C40H46F3N5O6.C9H7NO/c1-39(2,35-13-12-33(54-35)27-14-16-44-17-15-27)48-19-18-47(31(23-48)38(52)45-25-40(41,42)43)22-29(49)21-28(20-26-8-4-3-5-9-26)37(51)46-36-30-10-6-7-11-34(30)53-24-32(36)50;1-2-9(11-7-1)8-3-5-10-6-4-8/h3-17,28-29,31-32,36,49-50H,18-25H2,1-2H3,(H,45,52)(H,46,51);1-7H/t28-,29+,31+,32-,36+;/m1./s1. The highest BCUT2D eigenvalue weighted by molar-refractivity contribution is 5.82. The van der Waals surface area contributed by atoms with E-state index in [9.17, 15) is 33.0 Å². The molecule has 1 saturated heterocycles. The van der Waals surface area contributed by atoms with Gasteiger partial charge in [-0.05, 0) is 86.8 Å². The van der Waals surface area contributed by atoms with E-state index in [1.54, 1.807) is 60.2 Å². The number of rotatable bonds is 14. The molecule has 2 aliphatic heterocycles. The molecule has 2 aliphatic rings. The number of nitrogens with one attached hydrogen (secondary N) is 2. The van der Waals surface area contributed by atoms with Gasteiger partial charge in [0.15, 0.2) is 0 Å². The van der Waals surface area contributed by atoms with Crippen molar-refractivity contribution < 1.29 is 46.5 Å². The zero-order valence-corrected chi connectivity index (χ0v) is 36.1. The van der Waals surface area contributed by atoms with Crippen LogP contribution in [0.15, 0.2) is 143 Å². The van der Waals surface area contributed by atoms with Gasteiger partial charge in [-0.15, -0.1) is 0 Å². The van der Waals surface area contributed by atoms with Gasteiger partial charge < -0.3 is 34.4 Å². The Labute approximate surface area is 375 Å². The van der Waals surface area contributed by atoms with Crippen LogP contribution >= 0.6 is 0 Å². The number of amides is 2. The topological polar surface area (TPSA) is 166 Å². The molecule has 4 N–H and O–H groups in total. The summed E-state index contributed by atoms with van der Waals surface area (Å²) in [5, 5.41) is 27.4. The molecule has 6 aromatic rings. The Morgan fingerprint density at radius 2 is 1.52 bits per heavy atom. The smallest absolute Gasteiger partial charge is 0.405 e. The van der Waals surface area contributed by atoms with Gasteiger partial charge in [0.05, 0.1) is 23.9 Å². The number of piperazine rings is 1. The maximum Gasteiger partial charge on any atom is 0.405 e. The highest BCUT2D eigenvalue weighted by atomic mass is 19.4. The van der Waals surface area contributed by atoms with Crippen LogP contribution in [0.1, 0.15) is 43.2 Å². The van der Waals surface area contributed by atoms with Gasteiger partial charge in [-0.1, -0.05) is 48.5 Å². The number of para-hydroxylation sites is 1. The fraction of sp³-hybridized carbons (Fsp3) is 0.347. The maximum absolute atomic E-state index is 14.0. The fourth-order valence-corrected chi connectivity index (χ4v) is 8.20. The molecular weight excluding hydrogens is 842 g/mol. The quantitative estimate of drug-likeness (QED) is 0.0909. The van der Waals surface area contributed by atoms with Gasteiger partial charge in [0.25, 0.3) is 0 Å². The number of halogens is 3. The number of pyridine rings is 2. The number of aliphatic hydroxyl groups is 2. The number of hydrogen-bond donors (Lipinski definition) is 4. The third kappa shape index (κ3) is 12.3. The van der Waals surface area contributed by atoms with Gasteiger partial charge >= 0.3 is 6.18 Å². The molecular formula is C49H53F3N6O7. The van der Waals surface area contributed by atoms with Crippen molar-refractivity contribution >= 4 is 11.8 Å². The lowest BCUT2D eigenvalue weighted by Gasteiger charge is -2.47. The van der Waals surface area contributed by atoms with Gasteiger partial charge in [-0.2, -0.15) is 13.2 Å². The van der Waals surface area contributed by atoms with Crippen molar-refractivity contribution in [2.45, 2.75) is 62.7 Å². The molecule has 0 saturated carbocycles. The van der Waals surface area contributed by atoms with Crippen LogP contribution in [0, 0.1) is 5.92 Å². The average molecular weight is 895 g/mol. The van der Waals surface area contributed by atoms with E-state index in [1.165, 1.54) is 0 Å². The second-order valence-electron chi connectivity index (χ2n) is 16.6. The van der Waals surface area contributed by atoms with Crippen LogP contribution in [0.2, 0.25) is 0 Å². The van der Waals surface area contributed by atoms with Gasteiger partial charge in [-0.25, -0.2) is 0 Å². The number of furan rings is 2. The Hall–Kier alpha value is -6.33. The summed E-state index contributed by atoms with van der Waals surface area (Å²) in [6.07, 6.45) is 2.03. The van der Waals surface area contributed by atoms with Gasteiger partial charge in [0.2, 0.25) is 11.8 Å². The molecule has 65 heavy (non-hydrogen) atoms. The molecule has 0 unspecified atom stereocenters. The lowest BCUT2D eigenvalue weighted by Crippen LogP contribution is -2.63. The molecule has 5 atom stereocenters. The predicted octanol–water partition coefficient (Wildman–Crippen LogP) is 6.80. The minimum Gasteiger partial charge on any atom is -0.490 e. The van der Waals surface area contributed by atoms with Crippen molar-refractivity contribution in [3.8, 4) is 28.4 Å². The Morgan fingerprint density at radius 1 is 0.846 bits per heavy atom. The van der Waals surface area contributed by atoms with E-state index in [0.29, 0.717) is 29.4 Å². The van der Waals surface area contributed by atoms with Crippen molar-refractivity contribution in [3.63, 3.8) is 0 Å². The number of ether oxygens (including phenoxy) is 1. The Balaban J connectivity index is 0.000000496. The molecule has 1 fully saturated rings. The molecule has 4 aromatic heterocycles. The Kier molecular flexibility index (Phi) is 15.2. The number of β-amino-alcohol motifs (C(OH)–C–C–N with tert-alkyl or cyclic N) is 1. The number of hydrogen-bond acceptors (Lipinski definition) is 11. The van der Waals surface area contributed by atoms with E-state index in [0.717, 1.165) is 22.5 Å². The first kappa shape index (κ1) is 46.7. The first-order valence-corrected chi connectivity index (χ1v) is 21.5. The molecule has 0 radical (unpaired) electrons. The molecule has 0 bridgehead atoms. The summed E-state index contributed by atoms with van der Waals surface area (Å²) in [5.74, 6) is 0.752.